The lowest BCUT2D eigenvalue weighted by molar-refractivity contribution is 0.00176. The largest absolute Gasteiger partial charge is 0.381 e. The molecule has 1 aliphatic heterocycles. The number of hydrogen-bond acceptors (Lipinski definition) is 6. The molecule has 0 aromatic carbocycles. The zero-order valence-electron chi connectivity index (χ0n) is 14.7. The van der Waals surface area contributed by atoms with E-state index in [2.05, 4.69) is 20.2 Å². The molecule has 7 heteroatoms. The third kappa shape index (κ3) is 3.52. The fourth-order valence-electron chi connectivity index (χ4n) is 3.35. The van der Waals surface area contributed by atoms with Crippen molar-refractivity contribution in [3.8, 4) is 0 Å². The van der Waals surface area contributed by atoms with Gasteiger partial charge in [0.15, 0.2) is 0 Å². The summed E-state index contributed by atoms with van der Waals surface area (Å²) in [5.41, 5.74) is 7.86. The number of nitrogens with one attached hydrogen (secondary N) is 1. The van der Waals surface area contributed by atoms with Gasteiger partial charge in [0, 0.05) is 44.0 Å². The Morgan fingerprint density at radius 3 is 2.75 bits per heavy atom. The molecule has 1 atom stereocenters. The van der Waals surface area contributed by atoms with Gasteiger partial charge >= 0.3 is 0 Å². The summed E-state index contributed by atoms with van der Waals surface area (Å²) in [6.45, 7) is 6.22. The van der Waals surface area contributed by atoms with E-state index in [1.807, 2.05) is 13.8 Å². The minimum absolute atomic E-state index is 0.171. The number of anilines is 1. The molecule has 1 aromatic heterocycles. The summed E-state index contributed by atoms with van der Waals surface area (Å²) in [5.74, 6) is 1.37. The Hall–Kier alpha value is -1.73. The Labute approximate surface area is 143 Å². The molecule has 3 N–H and O–H groups in total. The maximum Gasteiger partial charge on any atom is 0.289 e. The molecule has 0 spiro atoms. The molecule has 1 aromatic rings. The number of ether oxygens (including phenoxy) is 1. The van der Waals surface area contributed by atoms with Gasteiger partial charge in [0.1, 0.15) is 5.82 Å². The SMILES string of the molecule is COC1CC(CNC(=O)c2nc(C)c(C)c(N3CC[C@@H](N)C3)n2)C1. The van der Waals surface area contributed by atoms with E-state index in [0.29, 0.717) is 18.6 Å². The van der Waals surface area contributed by atoms with E-state index in [1.165, 1.54) is 0 Å². The minimum Gasteiger partial charge on any atom is -0.381 e. The van der Waals surface area contributed by atoms with Crippen molar-refractivity contribution in [3.63, 3.8) is 0 Å². The molecular formula is C17H27N5O2. The van der Waals surface area contributed by atoms with Gasteiger partial charge in [-0.05, 0) is 39.0 Å². The van der Waals surface area contributed by atoms with Gasteiger partial charge in [0.05, 0.1) is 6.10 Å². The highest BCUT2D eigenvalue weighted by Crippen LogP contribution is 2.29. The lowest BCUT2D eigenvalue weighted by Gasteiger charge is -2.34. The van der Waals surface area contributed by atoms with Crippen LogP contribution in [0.4, 0.5) is 5.82 Å². The molecule has 0 bridgehead atoms. The highest BCUT2D eigenvalue weighted by molar-refractivity contribution is 5.91. The van der Waals surface area contributed by atoms with Crippen molar-refractivity contribution in [2.24, 2.45) is 11.7 Å². The normalized spacial score (nSPS) is 26.3. The van der Waals surface area contributed by atoms with Crippen LogP contribution in [0.15, 0.2) is 0 Å². The van der Waals surface area contributed by atoms with Crippen LogP contribution in [0.3, 0.4) is 0 Å². The summed E-state index contributed by atoms with van der Waals surface area (Å²) in [4.78, 5) is 23.5. The van der Waals surface area contributed by atoms with Crippen LogP contribution in [0, 0.1) is 19.8 Å². The van der Waals surface area contributed by atoms with Crippen LogP contribution in [0.2, 0.25) is 0 Å². The summed E-state index contributed by atoms with van der Waals surface area (Å²) >= 11 is 0. The fourth-order valence-corrected chi connectivity index (χ4v) is 3.35. The Balaban J connectivity index is 1.66. The molecule has 2 fully saturated rings. The maximum absolute atomic E-state index is 12.4. The first-order valence-corrected chi connectivity index (χ1v) is 8.64. The second kappa shape index (κ2) is 7.03. The zero-order valence-corrected chi connectivity index (χ0v) is 14.7. The smallest absolute Gasteiger partial charge is 0.289 e. The summed E-state index contributed by atoms with van der Waals surface area (Å²) in [7, 11) is 1.73. The van der Waals surface area contributed by atoms with Crippen LogP contribution in [-0.4, -0.2) is 54.8 Å². The van der Waals surface area contributed by atoms with Gasteiger partial charge in [-0.1, -0.05) is 0 Å². The second-order valence-corrected chi connectivity index (χ2v) is 6.98. The quantitative estimate of drug-likeness (QED) is 0.827. The first-order valence-electron chi connectivity index (χ1n) is 8.64. The van der Waals surface area contributed by atoms with Gasteiger partial charge in [0.2, 0.25) is 5.82 Å². The third-order valence-corrected chi connectivity index (χ3v) is 5.17. The molecule has 1 saturated carbocycles. The number of carbonyl (C=O) groups excluding carboxylic acids is 1. The van der Waals surface area contributed by atoms with Gasteiger partial charge < -0.3 is 20.7 Å². The summed E-state index contributed by atoms with van der Waals surface area (Å²) in [6.07, 6.45) is 3.30. The van der Waals surface area contributed by atoms with Gasteiger partial charge in [-0.25, -0.2) is 9.97 Å². The molecule has 2 heterocycles. The standard InChI is InChI=1S/C17H27N5O2/c1-10-11(2)20-15(21-16(10)22-5-4-13(18)9-22)17(23)19-8-12-6-14(7-12)24-3/h12-14H,4-9,18H2,1-3H3,(H,19,23)/t12?,13-,14?/m1/s1. The Kier molecular flexibility index (Phi) is 5.01. The van der Waals surface area contributed by atoms with Gasteiger partial charge in [-0.15, -0.1) is 0 Å². The topological polar surface area (TPSA) is 93.4 Å². The van der Waals surface area contributed by atoms with Crippen molar-refractivity contribution >= 4 is 11.7 Å². The number of aromatic nitrogens is 2. The van der Waals surface area contributed by atoms with E-state index in [4.69, 9.17) is 10.5 Å². The Bertz CT molecular complexity index is 615. The average Bonchev–Trinajstić information content (AvgIpc) is 2.94. The second-order valence-electron chi connectivity index (χ2n) is 6.98. The predicted octanol–water partition coefficient (Wildman–Crippen LogP) is 0.786. The Morgan fingerprint density at radius 2 is 2.12 bits per heavy atom. The van der Waals surface area contributed by atoms with Crippen LogP contribution >= 0.6 is 0 Å². The molecule has 0 unspecified atom stereocenters. The lowest BCUT2D eigenvalue weighted by Crippen LogP contribution is -2.40. The van der Waals surface area contributed by atoms with Gasteiger partial charge in [0.25, 0.3) is 5.91 Å². The molecule has 1 aliphatic carbocycles. The van der Waals surface area contributed by atoms with E-state index in [-0.39, 0.29) is 17.8 Å². The third-order valence-electron chi connectivity index (χ3n) is 5.17. The summed E-state index contributed by atoms with van der Waals surface area (Å²) in [5, 5.41) is 2.96. The van der Waals surface area contributed by atoms with E-state index < -0.39 is 0 Å². The van der Waals surface area contributed by atoms with Crippen molar-refractivity contribution in [1.29, 1.82) is 0 Å². The van der Waals surface area contributed by atoms with Crippen LogP contribution in [-0.2, 0) is 4.74 Å². The zero-order chi connectivity index (χ0) is 17.3. The molecule has 2 aliphatic rings. The highest BCUT2D eigenvalue weighted by Gasteiger charge is 2.30. The molecule has 1 amide bonds. The molecular weight excluding hydrogens is 306 g/mol. The van der Waals surface area contributed by atoms with Crippen molar-refractivity contribution in [2.75, 3.05) is 31.6 Å². The van der Waals surface area contributed by atoms with Crippen LogP contribution in [0.1, 0.15) is 41.1 Å². The van der Waals surface area contributed by atoms with E-state index >= 15 is 0 Å². The maximum atomic E-state index is 12.4. The number of methoxy groups -OCH3 is 1. The molecule has 0 radical (unpaired) electrons. The Morgan fingerprint density at radius 1 is 1.38 bits per heavy atom. The molecule has 1 saturated heterocycles. The molecule has 7 nitrogen and oxygen atoms in total. The van der Waals surface area contributed by atoms with E-state index in [0.717, 1.165) is 49.4 Å². The number of amides is 1. The fraction of sp³-hybridized carbons (Fsp3) is 0.706. The monoisotopic (exact) mass is 333 g/mol. The number of rotatable bonds is 5. The molecule has 3 rings (SSSR count). The summed E-state index contributed by atoms with van der Waals surface area (Å²) < 4.78 is 5.26. The molecule has 24 heavy (non-hydrogen) atoms. The number of carbonyl (C=O) groups is 1. The van der Waals surface area contributed by atoms with Gasteiger partial charge in [-0.2, -0.15) is 0 Å². The minimum atomic E-state index is -0.205. The predicted molar refractivity (Wildman–Crippen MR) is 92.2 cm³/mol. The number of aryl methyl sites for hydroxylation is 1. The number of hydrogen-bond donors (Lipinski definition) is 2. The number of nitrogens with two attached hydrogens (primary N) is 1. The van der Waals surface area contributed by atoms with Crippen molar-refractivity contribution in [2.45, 2.75) is 45.3 Å². The first kappa shape index (κ1) is 17.1. The van der Waals surface area contributed by atoms with Crippen LogP contribution < -0.4 is 16.0 Å². The van der Waals surface area contributed by atoms with Crippen molar-refractivity contribution < 1.29 is 9.53 Å². The van der Waals surface area contributed by atoms with Crippen LogP contribution in [0.25, 0.3) is 0 Å². The van der Waals surface area contributed by atoms with Crippen molar-refractivity contribution in [3.05, 3.63) is 17.1 Å². The van der Waals surface area contributed by atoms with Crippen molar-refractivity contribution in [1.82, 2.24) is 15.3 Å². The highest BCUT2D eigenvalue weighted by atomic mass is 16.5. The lowest BCUT2D eigenvalue weighted by atomic mass is 9.82. The molecule has 132 valence electrons. The first-order chi connectivity index (χ1) is 11.5. The van der Waals surface area contributed by atoms with E-state index in [1.54, 1.807) is 7.11 Å². The van der Waals surface area contributed by atoms with Gasteiger partial charge in [-0.3, -0.25) is 4.79 Å². The number of nitrogens with zero attached hydrogens (tertiary/aromatic N) is 3. The van der Waals surface area contributed by atoms with E-state index in [9.17, 15) is 4.79 Å². The summed E-state index contributed by atoms with van der Waals surface area (Å²) in [6, 6.07) is 0.171. The van der Waals surface area contributed by atoms with Crippen LogP contribution in [0.5, 0.6) is 0 Å². The average molecular weight is 333 g/mol.